The summed E-state index contributed by atoms with van der Waals surface area (Å²) in [6.07, 6.45) is -3.96. The number of aliphatic hydroxyl groups excluding tert-OH is 4. The largest absolute Gasteiger partial charge is 0.460 e. The topological polar surface area (TPSA) is 176 Å². The van der Waals surface area contributed by atoms with Crippen molar-refractivity contribution in [2.24, 2.45) is 0 Å². The zero-order valence-corrected chi connectivity index (χ0v) is 27.4. The van der Waals surface area contributed by atoms with Gasteiger partial charge in [-0.15, -0.1) is 0 Å². The van der Waals surface area contributed by atoms with Gasteiger partial charge in [-0.2, -0.15) is 0 Å². The van der Waals surface area contributed by atoms with Crippen LogP contribution in [0.25, 0.3) is 0 Å². The van der Waals surface area contributed by atoms with Gasteiger partial charge in [0, 0.05) is 63.1 Å². The van der Waals surface area contributed by atoms with E-state index in [-0.39, 0.29) is 69.3 Å². The quantitative estimate of drug-likeness (QED) is 0.0742. The molecule has 4 atom stereocenters. The maximum absolute atomic E-state index is 11.7. The van der Waals surface area contributed by atoms with Crippen LogP contribution in [0.2, 0.25) is 0 Å². The Hall–Kier alpha value is -3.43. The molecule has 0 bridgehead atoms. The average molecular weight is 651 g/mol. The molecule has 0 fully saturated rings. The van der Waals surface area contributed by atoms with Crippen molar-refractivity contribution in [1.82, 2.24) is 9.80 Å². The number of carbonyl (C=O) groups excluding carboxylic acids is 3. The molecular weight excluding hydrogens is 600 g/mol. The highest BCUT2D eigenvalue weighted by atomic mass is 16.6. The van der Waals surface area contributed by atoms with E-state index in [0.717, 1.165) is 11.1 Å². The highest BCUT2D eigenvalue weighted by Gasteiger charge is 2.21. The minimum absolute atomic E-state index is 0.0374. The second-order valence-electron chi connectivity index (χ2n) is 11.4. The average Bonchev–Trinajstić information content (AvgIpc) is 2.98. The summed E-state index contributed by atoms with van der Waals surface area (Å²) in [7, 11) is 1.48. The Kier molecular flexibility index (Phi) is 18.9. The third-order valence-electron chi connectivity index (χ3n) is 6.34. The van der Waals surface area contributed by atoms with Gasteiger partial charge in [0.2, 0.25) is 0 Å². The number of aliphatic hydroxyl groups is 4. The molecule has 1 aromatic rings. The lowest BCUT2D eigenvalue weighted by Crippen LogP contribution is -2.41. The summed E-state index contributed by atoms with van der Waals surface area (Å²) >= 11 is 0. The van der Waals surface area contributed by atoms with E-state index in [1.165, 1.54) is 27.9 Å². The summed E-state index contributed by atoms with van der Waals surface area (Å²) in [5.41, 5.74) is 2.32. The molecule has 1 aromatic carbocycles. The van der Waals surface area contributed by atoms with Gasteiger partial charge in [-0.3, -0.25) is 9.80 Å². The molecule has 0 heterocycles. The number of ether oxygens (including phenoxy) is 4. The highest BCUT2D eigenvalue weighted by molar-refractivity contribution is 5.87. The van der Waals surface area contributed by atoms with Crippen LogP contribution in [-0.4, -0.2) is 132 Å². The summed E-state index contributed by atoms with van der Waals surface area (Å²) in [6.45, 7) is 15.4. The highest BCUT2D eigenvalue weighted by Crippen LogP contribution is 2.13. The first-order chi connectivity index (χ1) is 21.6. The van der Waals surface area contributed by atoms with Gasteiger partial charge < -0.3 is 39.4 Å². The second kappa shape index (κ2) is 21.4. The van der Waals surface area contributed by atoms with Crippen LogP contribution in [0.5, 0.6) is 0 Å². The van der Waals surface area contributed by atoms with Crippen molar-refractivity contribution >= 4 is 17.9 Å². The predicted octanol–water partition coefficient (Wildman–Crippen LogP) is 0.739. The molecule has 0 aliphatic heterocycles. The van der Waals surface area contributed by atoms with Gasteiger partial charge >= 0.3 is 17.9 Å². The Balaban J connectivity index is 2.97. The molecule has 46 heavy (non-hydrogen) atoms. The van der Waals surface area contributed by atoms with Crippen LogP contribution >= 0.6 is 0 Å². The Morgan fingerprint density at radius 3 is 1.09 bits per heavy atom. The number of hydrogen-bond acceptors (Lipinski definition) is 13. The number of esters is 3. The molecule has 4 N–H and O–H groups in total. The summed E-state index contributed by atoms with van der Waals surface area (Å²) < 4.78 is 20.2. The minimum Gasteiger partial charge on any atom is -0.460 e. The zero-order chi connectivity index (χ0) is 34.8. The molecule has 13 nitrogen and oxygen atoms in total. The van der Waals surface area contributed by atoms with Gasteiger partial charge in [0.25, 0.3) is 0 Å². The molecule has 0 aromatic heterocycles. The van der Waals surface area contributed by atoms with E-state index >= 15 is 0 Å². The maximum Gasteiger partial charge on any atom is 0.333 e. The fraction of sp³-hybridized carbons (Fsp3) is 0.545. The Morgan fingerprint density at radius 1 is 0.587 bits per heavy atom. The van der Waals surface area contributed by atoms with Crippen LogP contribution in [0.15, 0.2) is 60.7 Å². The molecule has 0 saturated carbocycles. The number of carbonyl (C=O) groups is 3. The van der Waals surface area contributed by atoms with E-state index in [0.29, 0.717) is 13.1 Å². The van der Waals surface area contributed by atoms with Crippen molar-refractivity contribution in [3.8, 4) is 0 Å². The molecule has 258 valence electrons. The summed E-state index contributed by atoms with van der Waals surface area (Å²) in [6, 6.07) is 7.45. The van der Waals surface area contributed by atoms with Crippen molar-refractivity contribution < 1.29 is 53.8 Å². The smallest absolute Gasteiger partial charge is 0.333 e. The third-order valence-corrected chi connectivity index (χ3v) is 6.34. The van der Waals surface area contributed by atoms with Crippen molar-refractivity contribution in [3.05, 3.63) is 71.8 Å². The van der Waals surface area contributed by atoms with Crippen LogP contribution in [0.3, 0.4) is 0 Å². The number of benzene rings is 1. The fourth-order valence-electron chi connectivity index (χ4n) is 4.15. The SMILES string of the molecule is C=C(C)C(=O)OCC(O)CN(Cc1ccc(CN(CC(O)COC(=O)C(=C)C)CC(O)COC(=O)C(=C)C)cc1)CC(O)COC. The fourth-order valence-corrected chi connectivity index (χ4v) is 4.15. The van der Waals surface area contributed by atoms with Gasteiger partial charge in [0.05, 0.1) is 12.7 Å². The summed E-state index contributed by atoms with van der Waals surface area (Å²) in [4.78, 5) is 38.7. The van der Waals surface area contributed by atoms with Crippen molar-refractivity contribution in [2.45, 2.75) is 58.3 Å². The monoisotopic (exact) mass is 650 g/mol. The molecule has 4 unspecified atom stereocenters. The predicted molar refractivity (Wildman–Crippen MR) is 170 cm³/mol. The Morgan fingerprint density at radius 2 is 0.848 bits per heavy atom. The van der Waals surface area contributed by atoms with E-state index in [4.69, 9.17) is 18.9 Å². The molecule has 13 heteroatoms. The van der Waals surface area contributed by atoms with Crippen LogP contribution in [0.4, 0.5) is 0 Å². The zero-order valence-electron chi connectivity index (χ0n) is 27.4. The van der Waals surface area contributed by atoms with E-state index in [9.17, 15) is 34.8 Å². The molecular formula is C33H50N2O11. The molecule has 0 aliphatic rings. The van der Waals surface area contributed by atoms with Crippen LogP contribution in [-0.2, 0) is 46.4 Å². The van der Waals surface area contributed by atoms with Gasteiger partial charge in [0.15, 0.2) is 0 Å². The Labute approximate surface area is 271 Å². The first kappa shape index (κ1) is 40.6. The van der Waals surface area contributed by atoms with Crippen molar-refractivity contribution in [3.63, 3.8) is 0 Å². The first-order valence-electron chi connectivity index (χ1n) is 14.8. The number of nitrogens with zero attached hydrogens (tertiary/aromatic N) is 2. The number of rotatable bonds is 23. The Bertz CT molecular complexity index is 1120. The lowest BCUT2D eigenvalue weighted by molar-refractivity contribution is -0.143. The van der Waals surface area contributed by atoms with E-state index in [1.807, 2.05) is 29.2 Å². The first-order valence-corrected chi connectivity index (χ1v) is 14.8. The number of methoxy groups -OCH3 is 1. The molecule has 0 radical (unpaired) electrons. The van der Waals surface area contributed by atoms with Crippen LogP contribution in [0.1, 0.15) is 31.9 Å². The molecule has 0 aliphatic carbocycles. The molecule has 0 spiro atoms. The summed E-state index contributed by atoms with van der Waals surface area (Å²) in [5, 5.41) is 41.9. The second-order valence-corrected chi connectivity index (χ2v) is 11.4. The summed E-state index contributed by atoms with van der Waals surface area (Å²) in [5.74, 6) is -1.86. The third kappa shape index (κ3) is 17.3. The maximum atomic E-state index is 11.7. The van der Waals surface area contributed by atoms with Gasteiger partial charge in [-0.1, -0.05) is 44.0 Å². The molecule has 1 rings (SSSR count). The lowest BCUT2D eigenvalue weighted by Gasteiger charge is -2.28. The molecule has 0 amide bonds. The normalized spacial score (nSPS) is 13.9. The lowest BCUT2D eigenvalue weighted by atomic mass is 10.1. The van der Waals surface area contributed by atoms with E-state index in [1.54, 1.807) is 4.90 Å². The van der Waals surface area contributed by atoms with Crippen LogP contribution < -0.4 is 0 Å². The van der Waals surface area contributed by atoms with Crippen LogP contribution in [0, 0.1) is 0 Å². The standard InChI is InChI=1S/C33H50N2O11/c1-22(2)31(40)44-19-28(37)15-34(14-27(36)18-43-7)12-25-8-10-26(11-9-25)13-35(16-29(38)20-45-32(41)23(3)4)17-30(39)21-46-33(42)24(5)6/h8-11,27-30,36-39H,1,3,5,12-21H2,2,4,6-7H3. The minimum atomic E-state index is -1.07. The molecule has 0 saturated heterocycles. The van der Waals surface area contributed by atoms with E-state index in [2.05, 4.69) is 19.7 Å². The van der Waals surface area contributed by atoms with E-state index < -0.39 is 42.3 Å². The van der Waals surface area contributed by atoms with Gasteiger partial charge in [-0.25, -0.2) is 14.4 Å². The number of hydrogen-bond donors (Lipinski definition) is 4. The van der Waals surface area contributed by atoms with Gasteiger partial charge in [0.1, 0.15) is 38.1 Å². The van der Waals surface area contributed by atoms with Crippen molar-refractivity contribution in [1.29, 1.82) is 0 Å². The van der Waals surface area contributed by atoms with Gasteiger partial charge in [-0.05, 0) is 31.9 Å². The van der Waals surface area contributed by atoms with Crippen molar-refractivity contribution in [2.75, 3.05) is 59.7 Å².